The molecule has 0 bridgehead atoms. The first-order valence-corrected chi connectivity index (χ1v) is 16.3. The van der Waals surface area contributed by atoms with Crippen molar-refractivity contribution in [3.63, 3.8) is 0 Å². The fraction of sp³-hybridized carbons (Fsp3) is 0.524. The summed E-state index contributed by atoms with van der Waals surface area (Å²) in [5.41, 5.74) is 10.6. The van der Waals surface area contributed by atoms with E-state index in [9.17, 15) is 29.1 Å². The van der Waals surface area contributed by atoms with Crippen LogP contribution in [0.1, 0.15) is 12.3 Å². The van der Waals surface area contributed by atoms with Crippen LogP contribution in [0.2, 0.25) is 0 Å². The third-order valence-corrected chi connectivity index (χ3v) is 10.1. The van der Waals surface area contributed by atoms with Gasteiger partial charge in [-0.3, -0.25) is 22.7 Å². The number of nitrogens with zero attached hydrogens (tertiary/aromatic N) is 8. The number of nitrogen functional groups attached to an aromatic ring is 2. The lowest BCUT2D eigenvalue weighted by Crippen LogP contribution is -2.43. The van der Waals surface area contributed by atoms with Crippen molar-refractivity contribution >= 4 is 49.6 Å². The van der Waals surface area contributed by atoms with E-state index in [1.165, 1.54) is 28.1 Å². The van der Waals surface area contributed by atoms with Crippen molar-refractivity contribution in [2.24, 2.45) is 0 Å². The molecule has 1 saturated carbocycles. The van der Waals surface area contributed by atoms with Crippen molar-refractivity contribution in [2.75, 3.05) is 24.7 Å². The summed E-state index contributed by atoms with van der Waals surface area (Å²) in [5.74, 6) is 0.147. The predicted molar refractivity (Wildman–Crippen MR) is 143 cm³/mol. The Bertz CT molecular complexity index is 1930. The molecule has 24 heteroatoms. The van der Waals surface area contributed by atoms with E-state index in [4.69, 9.17) is 39.0 Å². The number of aromatic nitrogens is 8. The molecule has 6 unspecified atom stereocenters. The molecule has 0 amide bonds. The normalized spacial score (nSPS) is 41.7. The van der Waals surface area contributed by atoms with Crippen LogP contribution in [0.15, 0.2) is 25.3 Å². The molecule has 240 valence electrons. The number of phosphoric ester groups is 2. The van der Waals surface area contributed by atoms with Crippen molar-refractivity contribution in [3.8, 4) is 0 Å². The van der Waals surface area contributed by atoms with Gasteiger partial charge in [0.15, 0.2) is 29.2 Å². The molecule has 45 heavy (non-hydrogen) atoms. The molecule has 0 spiro atoms. The molecule has 8 N–H and O–H groups in total. The average molecular weight is 670 g/mol. The van der Waals surface area contributed by atoms with Gasteiger partial charge >= 0.3 is 15.6 Å². The zero-order valence-corrected chi connectivity index (χ0v) is 24.3. The van der Waals surface area contributed by atoms with Crippen LogP contribution in [0.25, 0.3) is 22.3 Å². The first kappa shape index (κ1) is 29.2. The van der Waals surface area contributed by atoms with E-state index < -0.39 is 83.4 Å². The molecule has 3 aliphatic heterocycles. The zero-order valence-electron chi connectivity index (χ0n) is 22.5. The maximum atomic E-state index is 13.2. The molecule has 0 radical (unpaired) electrons. The van der Waals surface area contributed by atoms with Crippen molar-refractivity contribution in [2.45, 2.75) is 54.5 Å². The van der Waals surface area contributed by atoms with Gasteiger partial charge in [0.2, 0.25) is 0 Å². The molecule has 3 saturated heterocycles. The monoisotopic (exact) mass is 670 g/mol. The Morgan fingerprint density at radius 3 is 2.04 bits per heavy atom. The minimum absolute atomic E-state index is 0.0529. The van der Waals surface area contributed by atoms with Gasteiger partial charge in [-0.2, -0.15) is 0 Å². The van der Waals surface area contributed by atoms with Crippen molar-refractivity contribution in [3.05, 3.63) is 25.3 Å². The molecule has 4 aliphatic rings. The Balaban J connectivity index is 1.08. The summed E-state index contributed by atoms with van der Waals surface area (Å²) in [6.07, 6.45) is -5.06. The Kier molecular flexibility index (Phi) is 6.41. The molecule has 22 nitrogen and oxygen atoms in total. The Labute approximate surface area is 250 Å². The van der Waals surface area contributed by atoms with E-state index in [2.05, 4.69) is 29.9 Å². The summed E-state index contributed by atoms with van der Waals surface area (Å²) in [6.45, 7) is -1.51. The van der Waals surface area contributed by atoms with Crippen molar-refractivity contribution in [1.29, 1.82) is 0 Å². The van der Waals surface area contributed by atoms with Crippen LogP contribution in [-0.2, 0) is 36.7 Å². The molecule has 8 rings (SSSR count). The van der Waals surface area contributed by atoms with E-state index in [0.29, 0.717) is 0 Å². The van der Waals surface area contributed by atoms with Gasteiger partial charge in [0, 0.05) is 0 Å². The summed E-state index contributed by atoms with van der Waals surface area (Å²) in [5, 5.41) is 22.8. The van der Waals surface area contributed by atoms with Gasteiger partial charge in [0.25, 0.3) is 0 Å². The van der Waals surface area contributed by atoms with Gasteiger partial charge in [-0.15, -0.1) is 0 Å². The van der Waals surface area contributed by atoms with Crippen LogP contribution in [0.4, 0.5) is 11.6 Å². The Morgan fingerprint density at radius 2 is 1.38 bits per heavy atom. The quantitative estimate of drug-likeness (QED) is 0.128. The topological polar surface area (TPSA) is 310 Å². The summed E-state index contributed by atoms with van der Waals surface area (Å²) >= 11 is 0. The molecule has 1 aliphatic carbocycles. The van der Waals surface area contributed by atoms with Crippen LogP contribution < -0.4 is 11.5 Å². The molecular weight excluding hydrogens is 646 g/mol. The Hall–Kier alpha value is -3.24. The summed E-state index contributed by atoms with van der Waals surface area (Å²) in [4.78, 5) is 45.6. The molecule has 4 fully saturated rings. The summed E-state index contributed by atoms with van der Waals surface area (Å²) in [7, 11) is -9.99. The zero-order chi connectivity index (χ0) is 31.5. The second-order valence-electron chi connectivity index (χ2n) is 10.8. The molecule has 7 heterocycles. The summed E-state index contributed by atoms with van der Waals surface area (Å²) < 4.78 is 61.9. The van der Waals surface area contributed by atoms with Crippen LogP contribution in [0, 0.1) is 0 Å². The number of anilines is 2. The number of phosphoric acid groups is 2. The number of aliphatic hydroxyl groups excluding tert-OH is 1. The highest BCUT2D eigenvalue weighted by Gasteiger charge is 2.79. The number of nitrogens with two attached hydrogens (primary N) is 2. The number of fused-ring (bicyclic) bond motifs is 6. The van der Waals surface area contributed by atoms with Crippen LogP contribution in [-0.4, -0.2) is 114 Å². The number of imidazole rings is 2. The van der Waals surface area contributed by atoms with E-state index in [1.807, 2.05) is 0 Å². The first-order chi connectivity index (χ1) is 21.4. The van der Waals surface area contributed by atoms with Gasteiger partial charge in [-0.25, -0.2) is 39.0 Å². The molecule has 0 aromatic carbocycles. The lowest BCUT2D eigenvalue weighted by molar-refractivity contribution is -0.0800. The van der Waals surface area contributed by atoms with Crippen LogP contribution >= 0.6 is 15.6 Å². The SMILES string of the molecule is Nc1ncnc2c1ncn2C1[C@@H]2O[C@@H]3COP(=O)(O)O[C@@H]4C(O)[C@H](n5cnc6c(N)ncnc65)O[C@@H]4COP(=O)(O)OC3C12O. The number of aliphatic hydroxyl groups is 2. The van der Waals surface area contributed by atoms with Crippen molar-refractivity contribution < 1.29 is 56.7 Å². The summed E-state index contributed by atoms with van der Waals surface area (Å²) in [6, 6.07) is -0.913. The average Bonchev–Trinajstić information content (AvgIpc) is 3.48. The molecule has 4 aromatic rings. The lowest BCUT2D eigenvalue weighted by atomic mass is 10.1. The predicted octanol–water partition coefficient (Wildman–Crippen LogP) is -1.84. The third-order valence-electron chi connectivity index (χ3n) is 8.19. The third kappa shape index (κ3) is 4.49. The molecule has 4 aromatic heterocycles. The fourth-order valence-electron chi connectivity index (χ4n) is 6.10. The minimum atomic E-state index is -5.02. The van der Waals surface area contributed by atoms with Gasteiger partial charge in [-0.1, -0.05) is 0 Å². The van der Waals surface area contributed by atoms with E-state index in [1.54, 1.807) is 0 Å². The number of hydrogen-bond donors (Lipinski definition) is 6. The number of hydrogen-bond acceptors (Lipinski definition) is 18. The standard InChI is InChI=1S/C21H24N10O12P2/c22-16-9-18(26-3-24-16)30(5-28-9)13-15-21(13,33)14-8(40-15)2-39-44(34,35)42-12-7(1-38-45(36,37)43-14)41-20(11(12)32)31-6-29-10-17(23)25-4-27-19(10)31/h3-8,11-15,20,32-33H,1-2H2,(H,34,35)(H,36,37)(H2,22,24,26)(H2,23,25,27)/t7-,8-,11?,12+,13?,14?,15+,20-,21?/m1/s1. The van der Waals surface area contributed by atoms with Gasteiger partial charge < -0.3 is 45.5 Å². The van der Waals surface area contributed by atoms with Gasteiger partial charge in [0.1, 0.15) is 65.9 Å². The van der Waals surface area contributed by atoms with Crippen LogP contribution in [0.3, 0.4) is 0 Å². The van der Waals surface area contributed by atoms with Crippen molar-refractivity contribution in [1.82, 2.24) is 39.0 Å². The molecule has 11 atom stereocenters. The van der Waals surface area contributed by atoms with Gasteiger partial charge in [0.05, 0.1) is 31.9 Å². The molecular formula is C21H24N10O12P2. The van der Waals surface area contributed by atoms with Crippen LogP contribution in [0.5, 0.6) is 0 Å². The highest BCUT2D eigenvalue weighted by molar-refractivity contribution is 7.47. The van der Waals surface area contributed by atoms with E-state index in [0.717, 1.165) is 6.33 Å². The highest BCUT2D eigenvalue weighted by Crippen LogP contribution is 2.64. The smallest absolute Gasteiger partial charge is 0.386 e. The number of ether oxygens (including phenoxy) is 2. The highest BCUT2D eigenvalue weighted by atomic mass is 31.2. The van der Waals surface area contributed by atoms with E-state index in [-0.39, 0.29) is 34.0 Å². The maximum Gasteiger partial charge on any atom is 0.472 e. The second-order valence-corrected chi connectivity index (χ2v) is 13.6. The van der Waals surface area contributed by atoms with Gasteiger partial charge in [-0.05, 0) is 0 Å². The van der Waals surface area contributed by atoms with E-state index >= 15 is 0 Å². The largest absolute Gasteiger partial charge is 0.472 e. The number of rotatable bonds is 2. The minimum Gasteiger partial charge on any atom is -0.386 e. The fourth-order valence-corrected chi connectivity index (χ4v) is 8.05. The second kappa shape index (κ2) is 9.88. The lowest BCUT2D eigenvalue weighted by Gasteiger charge is -2.30. The maximum absolute atomic E-state index is 13.2. The first-order valence-electron chi connectivity index (χ1n) is 13.3. The Morgan fingerprint density at radius 1 is 0.800 bits per heavy atom.